The van der Waals surface area contributed by atoms with Gasteiger partial charge in [-0.3, -0.25) is 4.40 Å². The number of nitrogens with zero attached hydrogens (tertiary/aromatic N) is 3. The maximum Gasteiger partial charge on any atom is 0.339 e. The Kier molecular flexibility index (Phi) is 3.39. The van der Waals surface area contributed by atoms with Crippen molar-refractivity contribution in [3.63, 3.8) is 0 Å². The molecular weight excluding hydrogens is 266 g/mol. The van der Waals surface area contributed by atoms with E-state index in [4.69, 9.17) is 4.74 Å². The van der Waals surface area contributed by atoms with Crippen LogP contribution in [0.2, 0.25) is 0 Å². The zero-order valence-corrected chi connectivity index (χ0v) is 11.9. The lowest BCUT2D eigenvalue weighted by molar-refractivity contribution is 0.0600. The van der Waals surface area contributed by atoms with Crippen LogP contribution >= 0.6 is 0 Å². The Bertz CT molecular complexity index is 781. The van der Waals surface area contributed by atoms with Crippen molar-refractivity contribution in [3.8, 4) is 0 Å². The molecule has 0 aliphatic carbocycles. The van der Waals surface area contributed by atoms with Crippen molar-refractivity contribution >= 4 is 11.6 Å². The van der Waals surface area contributed by atoms with Crippen LogP contribution in [0.15, 0.2) is 48.7 Å². The lowest BCUT2D eigenvalue weighted by Gasteiger charge is -2.10. The topological polar surface area (TPSA) is 56.5 Å². The van der Waals surface area contributed by atoms with Crippen LogP contribution in [0.5, 0.6) is 0 Å². The summed E-state index contributed by atoms with van der Waals surface area (Å²) < 4.78 is 6.59. The Morgan fingerprint density at radius 1 is 1.14 bits per heavy atom. The molecule has 5 nitrogen and oxygen atoms in total. The number of benzene rings is 1. The van der Waals surface area contributed by atoms with Crippen LogP contribution in [-0.4, -0.2) is 27.7 Å². The van der Waals surface area contributed by atoms with Crippen LogP contribution in [0.3, 0.4) is 0 Å². The predicted octanol–water partition coefficient (Wildman–Crippen LogP) is 2.67. The summed E-state index contributed by atoms with van der Waals surface area (Å²) in [7, 11) is 1.37. The minimum absolute atomic E-state index is 0.0779. The Hall–Kier alpha value is -2.69. The predicted molar refractivity (Wildman–Crippen MR) is 78.3 cm³/mol. The number of ether oxygens (including phenoxy) is 1. The molecular formula is C16H15N3O2. The number of carbonyl (C=O) groups excluding carboxylic acids is 1. The molecule has 0 saturated carbocycles. The summed E-state index contributed by atoms with van der Waals surface area (Å²) in [6.07, 6.45) is 1.72. The quantitative estimate of drug-likeness (QED) is 0.693. The maximum absolute atomic E-state index is 11.7. The fraction of sp³-hybridized carbons (Fsp3) is 0.188. The highest BCUT2D eigenvalue weighted by Gasteiger charge is 2.16. The Balaban J connectivity index is 2.08. The number of carbonyl (C=O) groups is 1. The molecule has 2 heterocycles. The molecule has 3 rings (SSSR count). The van der Waals surface area contributed by atoms with Gasteiger partial charge in [-0.25, -0.2) is 4.79 Å². The lowest BCUT2D eigenvalue weighted by atomic mass is 10.0. The van der Waals surface area contributed by atoms with E-state index in [1.54, 1.807) is 18.3 Å². The van der Waals surface area contributed by atoms with E-state index in [1.165, 1.54) is 7.11 Å². The molecule has 1 aromatic carbocycles. The molecule has 0 amide bonds. The smallest absolute Gasteiger partial charge is 0.339 e. The summed E-state index contributed by atoms with van der Waals surface area (Å²) in [6.45, 7) is 2.07. The van der Waals surface area contributed by atoms with Gasteiger partial charge in [-0.05, 0) is 17.7 Å². The van der Waals surface area contributed by atoms with Crippen molar-refractivity contribution in [1.29, 1.82) is 0 Å². The van der Waals surface area contributed by atoms with E-state index in [0.717, 1.165) is 11.4 Å². The van der Waals surface area contributed by atoms with Gasteiger partial charge in [-0.1, -0.05) is 37.3 Å². The third-order valence-electron chi connectivity index (χ3n) is 3.54. The zero-order valence-electron chi connectivity index (χ0n) is 11.9. The number of hydrogen-bond acceptors (Lipinski definition) is 4. The van der Waals surface area contributed by atoms with Crippen molar-refractivity contribution in [2.24, 2.45) is 0 Å². The molecule has 1 atom stereocenters. The van der Waals surface area contributed by atoms with Gasteiger partial charge in [0.05, 0.1) is 12.7 Å². The van der Waals surface area contributed by atoms with Crippen molar-refractivity contribution in [3.05, 3.63) is 65.6 Å². The van der Waals surface area contributed by atoms with Crippen LogP contribution < -0.4 is 0 Å². The number of fused-ring (bicyclic) bond motifs is 1. The highest BCUT2D eigenvalue weighted by Crippen LogP contribution is 2.23. The zero-order chi connectivity index (χ0) is 14.8. The molecule has 3 aromatic rings. The molecule has 0 saturated heterocycles. The second kappa shape index (κ2) is 5.36. The number of methoxy groups -OCH3 is 1. The van der Waals surface area contributed by atoms with Gasteiger partial charge in [0.2, 0.25) is 0 Å². The molecule has 0 aliphatic rings. The van der Waals surface area contributed by atoms with Crippen LogP contribution in [0.4, 0.5) is 0 Å². The lowest BCUT2D eigenvalue weighted by Crippen LogP contribution is -2.06. The number of hydrogen-bond donors (Lipinski definition) is 0. The van der Waals surface area contributed by atoms with E-state index in [0.29, 0.717) is 11.2 Å². The van der Waals surface area contributed by atoms with Gasteiger partial charge in [0.25, 0.3) is 0 Å². The first kappa shape index (κ1) is 13.3. The Morgan fingerprint density at radius 2 is 1.90 bits per heavy atom. The summed E-state index contributed by atoms with van der Waals surface area (Å²) in [6, 6.07) is 13.5. The standard InChI is InChI=1S/C16H15N3O2/c1-11(12-6-4-3-5-7-12)15-18-17-14-9-8-13(10-19(14)15)16(20)21-2/h3-11H,1-2H3. The van der Waals surface area contributed by atoms with Gasteiger partial charge in [-0.2, -0.15) is 0 Å². The van der Waals surface area contributed by atoms with Crippen molar-refractivity contribution in [1.82, 2.24) is 14.6 Å². The molecule has 0 spiro atoms. The molecule has 21 heavy (non-hydrogen) atoms. The van der Waals surface area contributed by atoms with Crippen molar-refractivity contribution in [2.75, 3.05) is 7.11 Å². The first-order valence-electron chi connectivity index (χ1n) is 6.68. The van der Waals surface area contributed by atoms with Crippen molar-refractivity contribution in [2.45, 2.75) is 12.8 Å². The van der Waals surface area contributed by atoms with Crippen LogP contribution in [-0.2, 0) is 4.74 Å². The largest absolute Gasteiger partial charge is 0.465 e. The number of esters is 1. The Morgan fingerprint density at radius 3 is 2.62 bits per heavy atom. The van der Waals surface area contributed by atoms with Crippen LogP contribution in [0.1, 0.15) is 34.6 Å². The van der Waals surface area contributed by atoms with E-state index in [-0.39, 0.29) is 11.9 Å². The summed E-state index contributed by atoms with van der Waals surface area (Å²) >= 11 is 0. The first-order chi connectivity index (χ1) is 10.2. The molecule has 0 N–H and O–H groups in total. The second-order valence-electron chi connectivity index (χ2n) is 4.83. The first-order valence-corrected chi connectivity index (χ1v) is 6.68. The minimum Gasteiger partial charge on any atom is -0.465 e. The van der Waals surface area contributed by atoms with E-state index in [1.807, 2.05) is 22.6 Å². The van der Waals surface area contributed by atoms with Crippen LogP contribution in [0.25, 0.3) is 5.65 Å². The summed E-state index contributed by atoms with van der Waals surface area (Å²) in [4.78, 5) is 11.7. The summed E-state index contributed by atoms with van der Waals surface area (Å²) in [5.74, 6) is 0.500. The fourth-order valence-electron chi connectivity index (χ4n) is 2.33. The average Bonchev–Trinajstić information content (AvgIpc) is 2.97. The van der Waals surface area contributed by atoms with Gasteiger partial charge in [0.1, 0.15) is 5.82 Å². The van der Waals surface area contributed by atoms with E-state index < -0.39 is 0 Å². The summed E-state index contributed by atoms with van der Waals surface area (Å²) in [5.41, 5.74) is 2.34. The fourth-order valence-corrected chi connectivity index (χ4v) is 2.33. The molecule has 106 valence electrons. The van der Waals surface area contributed by atoms with E-state index in [9.17, 15) is 4.79 Å². The number of pyridine rings is 1. The van der Waals surface area contributed by atoms with Gasteiger partial charge in [0, 0.05) is 12.1 Å². The van der Waals surface area contributed by atoms with Gasteiger partial charge in [-0.15, -0.1) is 10.2 Å². The second-order valence-corrected chi connectivity index (χ2v) is 4.83. The van der Waals surface area contributed by atoms with Gasteiger partial charge >= 0.3 is 5.97 Å². The SMILES string of the molecule is COC(=O)c1ccc2nnc(C(C)c3ccccc3)n2c1. The molecule has 2 aromatic heterocycles. The van der Waals surface area contributed by atoms with Gasteiger partial charge < -0.3 is 4.74 Å². The van der Waals surface area contributed by atoms with E-state index >= 15 is 0 Å². The van der Waals surface area contributed by atoms with Crippen LogP contribution in [0, 0.1) is 0 Å². The molecule has 1 unspecified atom stereocenters. The molecule has 5 heteroatoms. The maximum atomic E-state index is 11.7. The number of aromatic nitrogens is 3. The van der Waals surface area contributed by atoms with Crippen molar-refractivity contribution < 1.29 is 9.53 Å². The third kappa shape index (κ3) is 2.38. The van der Waals surface area contributed by atoms with E-state index in [2.05, 4.69) is 29.3 Å². The van der Waals surface area contributed by atoms with Gasteiger partial charge in [0.15, 0.2) is 5.65 Å². The normalized spacial score (nSPS) is 12.3. The Labute approximate surface area is 122 Å². The molecule has 0 aliphatic heterocycles. The molecule has 0 fully saturated rings. The highest BCUT2D eigenvalue weighted by molar-refractivity contribution is 5.89. The molecule has 0 radical (unpaired) electrons. The third-order valence-corrected chi connectivity index (χ3v) is 3.54. The molecule has 0 bridgehead atoms. The minimum atomic E-state index is -0.371. The summed E-state index contributed by atoms with van der Waals surface area (Å²) in [5, 5.41) is 8.41. The average molecular weight is 281 g/mol. The number of rotatable bonds is 3. The highest BCUT2D eigenvalue weighted by atomic mass is 16.5. The monoisotopic (exact) mass is 281 g/mol.